The topological polar surface area (TPSA) is 55.5 Å². The number of hydrogen-bond donors (Lipinski definition) is 2. The fourth-order valence-corrected chi connectivity index (χ4v) is 1.31. The zero-order valence-electron chi connectivity index (χ0n) is 8.25. The lowest BCUT2D eigenvalue weighted by Gasteiger charge is -2.24. The summed E-state index contributed by atoms with van der Waals surface area (Å²) in [5, 5.41) is 9.04. The van der Waals surface area contributed by atoms with Crippen LogP contribution in [0.3, 0.4) is 0 Å². The summed E-state index contributed by atoms with van der Waals surface area (Å²) in [4.78, 5) is 0. The van der Waals surface area contributed by atoms with Gasteiger partial charge in [-0.05, 0) is 19.1 Å². The summed E-state index contributed by atoms with van der Waals surface area (Å²) in [5.74, 6) is -0.118. The molecule has 3 nitrogen and oxygen atoms in total. The van der Waals surface area contributed by atoms with Gasteiger partial charge in [-0.3, -0.25) is 0 Å². The van der Waals surface area contributed by atoms with Crippen molar-refractivity contribution in [1.29, 1.82) is 0 Å². The number of aliphatic hydroxyl groups excluding tert-OH is 1. The van der Waals surface area contributed by atoms with Crippen molar-refractivity contribution in [2.75, 3.05) is 13.7 Å². The molecule has 1 atom stereocenters. The standard InChI is InChI=1S/C10H14FNO2/c1-10(12,6-13)9-7(11)4-3-5-8(9)14-2/h3-5,13H,6,12H2,1-2H3/t10-/m0/s1. The molecule has 3 N–H and O–H groups in total. The third kappa shape index (κ3) is 1.86. The molecule has 0 radical (unpaired) electrons. The Morgan fingerprint density at radius 2 is 2.21 bits per heavy atom. The predicted octanol–water partition coefficient (Wildman–Crippen LogP) is 1.00. The van der Waals surface area contributed by atoms with E-state index in [-0.39, 0.29) is 12.2 Å². The van der Waals surface area contributed by atoms with Crippen molar-refractivity contribution in [2.45, 2.75) is 12.5 Å². The average molecular weight is 199 g/mol. The molecule has 0 fully saturated rings. The third-order valence-corrected chi connectivity index (χ3v) is 2.09. The van der Waals surface area contributed by atoms with Gasteiger partial charge in [-0.15, -0.1) is 0 Å². The molecule has 1 aromatic rings. The molecule has 14 heavy (non-hydrogen) atoms. The molecular formula is C10H14FNO2. The molecule has 0 aromatic heterocycles. The third-order valence-electron chi connectivity index (χ3n) is 2.09. The molecule has 0 saturated heterocycles. The van der Waals surface area contributed by atoms with Gasteiger partial charge in [-0.25, -0.2) is 4.39 Å². The first-order valence-corrected chi connectivity index (χ1v) is 4.25. The van der Waals surface area contributed by atoms with Crippen LogP contribution >= 0.6 is 0 Å². The smallest absolute Gasteiger partial charge is 0.132 e. The largest absolute Gasteiger partial charge is 0.496 e. The van der Waals surface area contributed by atoms with Gasteiger partial charge in [0.2, 0.25) is 0 Å². The van der Waals surface area contributed by atoms with Crippen LogP contribution < -0.4 is 10.5 Å². The Bertz CT molecular complexity index is 326. The highest BCUT2D eigenvalue weighted by molar-refractivity contribution is 5.39. The second-order valence-corrected chi connectivity index (χ2v) is 3.39. The number of benzene rings is 1. The molecule has 0 amide bonds. The van der Waals surface area contributed by atoms with Crippen molar-refractivity contribution < 1.29 is 14.2 Å². The van der Waals surface area contributed by atoms with Gasteiger partial charge in [-0.1, -0.05) is 6.07 Å². The Labute approximate surface area is 82.3 Å². The molecule has 0 unspecified atom stereocenters. The van der Waals surface area contributed by atoms with Gasteiger partial charge >= 0.3 is 0 Å². The van der Waals surface area contributed by atoms with E-state index in [0.717, 1.165) is 0 Å². The molecule has 1 aromatic carbocycles. The first-order chi connectivity index (χ1) is 6.53. The van der Waals surface area contributed by atoms with Crippen molar-refractivity contribution in [2.24, 2.45) is 5.73 Å². The van der Waals surface area contributed by atoms with E-state index in [0.29, 0.717) is 5.75 Å². The van der Waals surface area contributed by atoms with Gasteiger partial charge in [0, 0.05) is 0 Å². The van der Waals surface area contributed by atoms with E-state index < -0.39 is 11.4 Å². The van der Waals surface area contributed by atoms with Crippen LogP contribution in [0, 0.1) is 5.82 Å². The molecule has 0 spiro atoms. The first kappa shape index (κ1) is 10.9. The quantitative estimate of drug-likeness (QED) is 0.763. The van der Waals surface area contributed by atoms with Crippen LogP contribution in [0.2, 0.25) is 0 Å². The summed E-state index contributed by atoms with van der Waals surface area (Å²) < 4.78 is 18.4. The Kier molecular flexibility index (Phi) is 3.08. The monoisotopic (exact) mass is 199 g/mol. The number of methoxy groups -OCH3 is 1. The van der Waals surface area contributed by atoms with Gasteiger partial charge in [0.25, 0.3) is 0 Å². The number of rotatable bonds is 3. The van der Waals surface area contributed by atoms with E-state index in [1.165, 1.54) is 19.2 Å². The van der Waals surface area contributed by atoms with E-state index in [1.807, 2.05) is 0 Å². The highest BCUT2D eigenvalue weighted by Gasteiger charge is 2.27. The molecule has 0 bridgehead atoms. The van der Waals surface area contributed by atoms with E-state index in [9.17, 15) is 4.39 Å². The van der Waals surface area contributed by atoms with Gasteiger partial charge < -0.3 is 15.6 Å². The molecule has 0 aliphatic carbocycles. The lowest BCUT2D eigenvalue weighted by Crippen LogP contribution is -2.38. The SMILES string of the molecule is COc1cccc(F)c1[C@@](C)(N)CO. The summed E-state index contributed by atoms with van der Waals surface area (Å²) >= 11 is 0. The molecule has 1 rings (SSSR count). The van der Waals surface area contributed by atoms with Crippen LogP contribution in [0.15, 0.2) is 18.2 Å². The van der Waals surface area contributed by atoms with Crippen LogP contribution in [0.5, 0.6) is 5.75 Å². The lowest BCUT2D eigenvalue weighted by atomic mass is 9.93. The molecule has 0 aliphatic rings. The maximum Gasteiger partial charge on any atom is 0.132 e. The summed E-state index contributed by atoms with van der Waals surface area (Å²) in [6.45, 7) is 1.21. The summed E-state index contributed by atoms with van der Waals surface area (Å²) in [6.07, 6.45) is 0. The first-order valence-electron chi connectivity index (χ1n) is 4.25. The summed E-state index contributed by atoms with van der Waals surface area (Å²) in [7, 11) is 1.44. The minimum atomic E-state index is -1.13. The van der Waals surface area contributed by atoms with Crippen LogP contribution in [-0.4, -0.2) is 18.8 Å². The van der Waals surface area contributed by atoms with Crippen LogP contribution in [0.25, 0.3) is 0 Å². The van der Waals surface area contributed by atoms with Gasteiger partial charge in [0.1, 0.15) is 11.6 Å². The van der Waals surface area contributed by atoms with Crippen molar-refractivity contribution in [3.63, 3.8) is 0 Å². The summed E-state index contributed by atoms with van der Waals surface area (Å²) in [6, 6.07) is 4.43. The van der Waals surface area contributed by atoms with E-state index >= 15 is 0 Å². The minimum Gasteiger partial charge on any atom is -0.496 e. The lowest BCUT2D eigenvalue weighted by molar-refractivity contribution is 0.202. The Hall–Kier alpha value is -1.13. The molecule has 0 saturated carbocycles. The number of hydrogen-bond acceptors (Lipinski definition) is 3. The van der Waals surface area contributed by atoms with Crippen LogP contribution in [-0.2, 0) is 5.54 Å². The number of nitrogens with two attached hydrogens (primary N) is 1. The van der Waals surface area contributed by atoms with Crippen molar-refractivity contribution in [3.05, 3.63) is 29.6 Å². The average Bonchev–Trinajstić information content (AvgIpc) is 2.17. The van der Waals surface area contributed by atoms with Crippen molar-refractivity contribution in [3.8, 4) is 5.75 Å². The van der Waals surface area contributed by atoms with E-state index in [1.54, 1.807) is 13.0 Å². The van der Waals surface area contributed by atoms with Crippen molar-refractivity contribution in [1.82, 2.24) is 0 Å². The van der Waals surface area contributed by atoms with E-state index in [2.05, 4.69) is 0 Å². The van der Waals surface area contributed by atoms with Gasteiger partial charge in [0.05, 0.1) is 24.8 Å². The second-order valence-electron chi connectivity index (χ2n) is 3.39. The van der Waals surface area contributed by atoms with Gasteiger partial charge in [-0.2, -0.15) is 0 Å². The Balaban J connectivity index is 3.30. The zero-order chi connectivity index (χ0) is 10.8. The fraction of sp³-hybridized carbons (Fsp3) is 0.400. The van der Waals surface area contributed by atoms with E-state index in [4.69, 9.17) is 15.6 Å². The number of aliphatic hydroxyl groups is 1. The molecule has 78 valence electrons. The van der Waals surface area contributed by atoms with Crippen LogP contribution in [0.1, 0.15) is 12.5 Å². The maximum atomic E-state index is 13.4. The number of ether oxygens (including phenoxy) is 1. The predicted molar refractivity (Wildman–Crippen MR) is 51.6 cm³/mol. The Morgan fingerprint density at radius 3 is 2.71 bits per heavy atom. The van der Waals surface area contributed by atoms with Gasteiger partial charge in [0.15, 0.2) is 0 Å². The Morgan fingerprint density at radius 1 is 1.57 bits per heavy atom. The minimum absolute atomic E-state index is 0.199. The summed E-state index contributed by atoms with van der Waals surface area (Å²) in [5.41, 5.74) is 4.82. The highest BCUT2D eigenvalue weighted by atomic mass is 19.1. The normalized spacial score (nSPS) is 14.9. The van der Waals surface area contributed by atoms with Crippen molar-refractivity contribution >= 4 is 0 Å². The zero-order valence-corrected chi connectivity index (χ0v) is 8.25. The molecule has 4 heteroatoms. The highest BCUT2D eigenvalue weighted by Crippen LogP contribution is 2.29. The molecule has 0 heterocycles. The maximum absolute atomic E-state index is 13.4. The molecular weight excluding hydrogens is 185 g/mol. The fourth-order valence-electron chi connectivity index (χ4n) is 1.31. The van der Waals surface area contributed by atoms with Crippen LogP contribution in [0.4, 0.5) is 4.39 Å². The second kappa shape index (κ2) is 3.94. The number of halogens is 1. The molecule has 0 aliphatic heterocycles.